The molecule has 0 saturated heterocycles. The number of nitrogens with one attached hydrogen (secondary N) is 1. The van der Waals surface area contributed by atoms with E-state index >= 15 is 0 Å². The predicted octanol–water partition coefficient (Wildman–Crippen LogP) is 2.48. The van der Waals surface area contributed by atoms with E-state index in [4.69, 9.17) is 15.8 Å². The summed E-state index contributed by atoms with van der Waals surface area (Å²) in [7, 11) is 0. The number of fused-ring (bicyclic) bond motifs is 1. The van der Waals surface area contributed by atoms with Gasteiger partial charge >= 0.3 is 0 Å². The maximum absolute atomic E-state index is 9.01. The molecule has 1 aromatic heterocycles. The number of aromatic nitrogens is 2. The average Bonchev–Trinajstić information content (AvgIpc) is 2.48. The third-order valence-corrected chi connectivity index (χ3v) is 2.93. The fourth-order valence-corrected chi connectivity index (χ4v) is 1.74. The van der Waals surface area contributed by atoms with Crippen LogP contribution in [0.3, 0.4) is 0 Å². The van der Waals surface area contributed by atoms with E-state index in [2.05, 4.69) is 15.3 Å². The highest BCUT2D eigenvalue weighted by atomic mass is 14.9. The van der Waals surface area contributed by atoms with Gasteiger partial charge in [-0.3, -0.25) is 0 Å². The van der Waals surface area contributed by atoms with Crippen LogP contribution in [0.2, 0.25) is 0 Å². The Labute approximate surface area is 121 Å². The second-order valence-electron chi connectivity index (χ2n) is 4.31. The van der Waals surface area contributed by atoms with Crippen molar-refractivity contribution in [2.45, 2.75) is 13.8 Å². The van der Waals surface area contributed by atoms with Gasteiger partial charge in [0.05, 0.1) is 22.4 Å². The lowest BCUT2D eigenvalue weighted by Gasteiger charge is -2.07. The summed E-state index contributed by atoms with van der Waals surface area (Å²) >= 11 is 0. The number of rotatable bonds is 2. The SMILES string of the molecule is Cc1nc2ccc(NC(C#N)=C(C#N)C#N)cc2nc1C. The molecule has 0 atom stereocenters. The Morgan fingerprint density at radius 2 is 1.57 bits per heavy atom. The summed E-state index contributed by atoms with van der Waals surface area (Å²) in [5, 5.41) is 29.4. The highest BCUT2D eigenvalue weighted by Crippen LogP contribution is 2.19. The Morgan fingerprint density at radius 1 is 0.952 bits per heavy atom. The molecule has 0 aliphatic rings. The standard InChI is InChI=1S/C15H10N6/c1-9-10(2)20-14-5-12(3-4-13(14)19-9)21-15(8-18)11(6-16)7-17/h3-5,21H,1-2H3. The fraction of sp³-hybridized carbons (Fsp3) is 0.133. The predicted molar refractivity (Wildman–Crippen MR) is 76.5 cm³/mol. The van der Waals surface area contributed by atoms with Crippen LogP contribution >= 0.6 is 0 Å². The first-order chi connectivity index (χ1) is 10.1. The second kappa shape index (κ2) is 5.69. The van der Waals surface area contributed by atoms with Crippen molar-refractivity contribution in [2.24, 2.45) is 0 Å². The number of nitrogens with zero attached hydrogens (tertiary/aromatic N) is 5. The Bertz CT molecular complexity index is 858. The molecule has 0 spiro atoms. The number of anilines is 1. The van der Waals surface area contributed by atoms with Gasteiger partial charge in [-0.25, -0.2) is 9.97 Å². The van der Waals surface area contributed by atoms with Crippen molar-refractivity contribution in [1.82, 2.24) is 9.97 Å². The van der Waals surface area contributed by atoms with Crippen LogP contribution in [0.4, 0.5) is 5.69 Å². The van der Waals surface area contributed by atoms with Crippen LogP contribution in [-0.4, -0.2) is 9.97 Å². The molecule has 0 fully saturated rings. The average molecular weight is 274 g/mol. The smallest absolute Gasteiger partial charge is 0.163 e. The van der Waals surface area contributed by atoms with E-state index in [0.29, 0.717) is 11.2 Å². The van der Waals surface area contributed by atoms with Crippen molar-refractivity contribution in [2.75, 3.05) is 5.32 Å². The highest BCUT2D eigenvalue weighted by Gasteiger charge is 2.08. The lowest BCUT2D eigenvalue weighted by molar-refractivity contribution is 1.10. The number of aryl methyl sites for hydroxylation is 2. The second-order valence-corrected chi connectivity index (χ2v) is 4.31. The summed E-state index contributed by atoms with van der Waals surface area (Å²) in [4.78, 5) is 8.83. The summed E-state index contributed by atoms with van der Waals surface area (Å²) in [6.45, 7) is 3.75. The molecule has 0 aliphatic heterocycles. The fourth-order valence-electron chi connectivity index (χ4n) is 1.74. The van der Waals surface area contributed by atoms with E-state index in [1.807, 2.05) is 19.9 Å². The van der Waals surface area contributed by atoms with E-state index in [9.17, 15) is 0 Å². The van der Waals surface area contributed by atoms with Crippen molar-refractivity contribution in [3.8, 4) is 18.2 Å². The first kappa shape index (κ1) is 14.0. The molecule has 2 rings (SSSR count). The number of nitriles is 3. The van der Waals surface area contributed by atoms with Crippen LogP contribution in [0.25, 0.3) is 11.0 Å². The minimum atomic E-state index is -0.260. The molecule has 6 nitrogen and oxygen atoms in total. The molecule has 0 unspecified atom stereocenters. The van der Waals surface area contributed by atoms with Gasteiger partial charge in [0.15, 0.2) is 5.57 Å². The summed E-state index contributed by atoms with van der Waals surface area (Å²) < 4.78 is 0. The molecular formula is C15H10N6. The van der Waals surface area contributed by atoms with Gasteiger partial charge in [0, 0.05) is 5.69 Å². The summed E-state index contributed by atoms with van der Waals surface area (Å²) in [5.74, 6) is 0. The molecule has 6 heteroatoms. The Kier molecular flexibility index (Phi) is 3.79. The number of allylic oxidation sites excluding steroid dienone is 2. The minimum absolute atomic E-state index is 0.0869. The zero-order valence-corrected chi connectivity index (χ0v) is 11.5. The van der Waals surface area contributed by atoms with Crippen LogP contribution < -0.4 is 5.32 Å². The maximum Gasteiger partial charge on any atom is 0.163 e. The molecule has 100 valence electrons. The zero-order chi connectivity index (χ0) is 15.4. The third kappa shape index (κ3) is 2.78. The van der Waals surface area contributed by atoms with Gasteiger partial charge in [0.25, 0.3) is 0 Å². The molecule has 0 radical (unpaired) electrons. The van der Waals surface area contributed by atoms with Crippen LogP contribution in [0, 0.1) is 47.8 Å². The van der Waals surface area contributed by atoms with Crippen molar-refractivity contribution in [3.05, 3.63) is 40.9 Å². The molecular weight excluding hydrogens is 264 g/mol. The highest BCUT2D eigenvalue weighted by molar-refractivity contribution is 5.79. The Morgan fingerprint density at radius 3 is 2.14 bits per heavy atom. The third-order valence-electron chi connectivity index (χ3n) is 2.93. The summed E-state index contributed by atoms with van der Waals surface area (Å²) in [5.41, 5.74) is 3.32. The Hall–Kier alpha value is -3.43. The van der Waals surface area contributed by atoms with Crippen molar-refractivity contribution >= 4 is 16.7 Å². The van der Waals surface area contributed by atoms with Gasteiger partial charge in [0.2, 0.25) is 0 Å². The largest absolute Gasteiger partial charge is 0.345 e. The molecule has 0 saturated carbocycles. The van der Waals surface area contributed by atoms with E-state index in [1.165, 1.54) is 0 Å². The summed E-state index contributed by atoms with van der Waals surface area (Å²) in [6, 6.07) is 10.4. The summed E-state index contributed by atoms with van der Waals surface area (Å²) in [6.07, 6.45) is 0. The maximum atomic E-state index is 9.01. The molecule has 0 bridgehead atoms. The van der Waals surface area contributed by atoms with Crippen molar-refractivity contribution < 1.29 is 0 Å². The van der Waals surface area contributed by atoms with Crippen molar-refractivity contribution in [1.29, 1.82) is 15.8 Å². The topological polar surface area (TPSA) is 109 Å². The molecule has 0 aliphatic carbocycles. The van der Waals surface area contributed by atoms with Crippen LogP contribution in [0.1, 0.15) is 11.4 Å². The zero-order valence-electron chi connectivity index (χ0n) is 11.5. The lowest BCUT2D eigenvalue weighted by Crippen LogP contribution is -2.01. The van der Waals surface area contributed by atoms with E-state index < -0.39 is 0 Å². The van der Waals surface area contributed by atoms with Gasteiger partial charge < -0.3 is 5.32 Å². The number of benzene rings is 1. The van der Waals surface area contributed by atoms with Gasteiger partial charge in [-0.2, -0.15) is 15.8 Å². The number of hydrogen-bond donors (Lipinski definition) is 1. The first-order valence-corrected chi connectivity index (χ1v) is 6.05. The van der Waals surface area contributed by atoms with Crippen LogP contribution in [-0.2, 0) is 0 Å². The van der Waals surface area contributed by atoms with Crippen LogP contribution in [0.5, 0.6) is 0 Å². The molecule has 1 N–H and O–H groups in total. The van der Waals surface area contributed by atoms with Gasteiger partial charge in [0.1, 0.15) is 23.9 Å². The van der Waals surface area contributed by atoms with E-state index in [-0.39, 0.29) is 11.3 Å². The van der Waals surface area contributed by atoms with E-state index in [1.54, 1.807) is 30.3 Å². The molecule has 1 aromatic carbocycles. The van der Waals surface area contributed by atoms with Gasteiger partial charge in [-0.05, 0) is 32.0 Å². The van der Waals surface area contributed by atoms with Crippen molar-refractivity contribution in [3.63, 3.8) is 0 Å². The molecule has 1 heterocycles. The lowest BCUT2D eigenvalue weighted by atomic mass is 10.2. The number of hydrogen-bond acceptors (Lipinski definition) is 6. The van der Waals surface area contributed by atoms with Crippen LogP contribution in [0.15, 0.2) is 29.5 Å². The van der Waals surface area contributed by atoms with E-state index in [0.717, 1.165) is 16.9 Å². The molecule has 0 amide bonds. The molecule has 2 aromatic rings. The quantitative estimate of drug-likeness (QED) is 0.842. The first-order valence-electron chi connectivity index (χ1n) is 6.05. The van der Waals surface area contributed by atoms with Gasteiger partial charge in [-0.1, -0.05) is 0 Å². The Balaban J connectivity index is 2.48. The minimum Gasteiger partial charge on any atom is -0.345 e. The molecule has 21 heavy (non-hydrogen) atoms. The normalized spacial score (nSPS) is 9.29. The van der Waals surface area contributed by atoms with Gasteiger partial charge in [-0.15, -0.1) is 0 Å². The monoisotopic (exact) mass is 274 g/mol.